The normalized spacial score (nSPS) is 16.5. The first-order valence-electron chi connectivity index (χ1n) is 9.09. The molecule has 0 aliphatic carbocycles. The predicted molar refractivity (Wildman–Crippen MR) is 117 cm³/mol. The molecule has 0 radical (unpaired) electrons. The number of thiophene rings is 1. The first-order chi connectivity index (χ1) is 14.0. The van der Waals surface area contributed by atoms with Gasteiger partial charge in [0.2, 0.25) is 5.43 Å². The quantitative estimate of drug-likeness (QED) is 0.563. The summed E-state index contributed by atoms with van der Waals surface area (Å²) in [5, 5.41) is 4.79. The molecule has 1 fully saturated rings. The Morgan fingerprint density at radius 2 is 2.10 bits per heavy atom. The molecule has 1 unspecified atom stereocenters. The third kappa shape index (κ3) is 4.02. The molecule has 4 rings (SSSR count). The lowest BCUT2D eigenvalue weighted by atomic mass is 10.1. The number of nitrogens with one attached hydrogen (secondary N) is 1. The molecule has 0 bridgehead atoms. The summed E-state index contributed by atoms with van der Waals surface area (Å²) in [6, 6.07) is 8.94. The van der Waals surface area contributed by atoms with E-state index in [4.69, 9.17) is 13.7 Å². The van der Waals surface area contributed by atoms with Crippen molar-refractivity contribution in [1.29, 1.82) is 0 Å². The van der Waals surface area contributed by atoms with Crippen molar-refractivity contribution in [2.24, 2.45) is 0 Å². The van der Waals surface area contributed by atoms with E-state index in [9.17, 15) is 9.36 Å². The summed E-state index contributed by atoms with van der Waals surface area (Å²) in [6.45, 7) is 6.14. The molecule has 1 saturated heterocycles. The zero-order valence-corrected chi connectivity index (χ0v) is 17.6. The maximum absolute atomic E-state index is 12.6. The van der Waals surface area contributed by atoms with Crippen molar-refractivity contribution in [3.05, 3.63) is 58.3 Å². The van der Waals surface area contributed by atoms with Crippen molar-refractivity contribution in [2.75, 3.05) is 43.4 Å². The van der Waals surface area contributed by atoms with Crippen LogP contribution < -0.4 is 15.4 Å². The highest BCUT2D eigenvalue weighted by Gasteiger charge is 2.20. The van der Waals surface area contributed by atoms with Gasteiger partial charge in [-0.1, -0.05) is 18.7 Å². The van der Waals surface area contributed by atoms with Crippen molar-refractivity contribution < 1.29 is 18.2 Å². The largest absolute Gasteiger partial charge is 0.439 e. The van der Waals surface area contributed by atoms with Crippen molar-refractivity contribution in [1.82, 2.24) is 0 Å². The number of rotatable bonds is 6. The monoisotopic (exact) mass is 432 g/mol. The summed E-state index contributed by atoms with van der Waals surface area (Å²) >= 11 is 1.35. The first-order valence-corrected chi connectivity index (χ1v) is 11.7. The van der Waals surface area contributed by atoms with Crippen LogP contribution in [0.4, 0.5) is 11.6 Å². The van der Waals surface area contributed by atoms with Gasteiger partial charge in [-0.25, -0.2) is 0 Å². The zero-order chi connectivity index (χ0) is 20.4. The molecule has 1 atom stereocenters. The van der Waals surface area contributed by atoms with Crippen molar-refractivity contribution in [2.45, 2.75) is 0 Å². The van der Waals surface area contributed by atoms with Gasteiger partial charge in [-0.3, -0.25) is 9.36 Å². The van der Waals surface area contributed by atoms with E-state index in [2.05, 4.69) is 11.7 Å². The maximum atomic E-state index is 12.6. The molecule has 29 heavy (non-hydrogen) atoms. The van der Waals surface area contributed by atoms with E-state index in [1.165, 1.54) is 24.3 Å². The Morgan fingerprint density at radius 3 is 2.83 bits per heavy atom. The summed E-state index contributed by atoms with van der Waals surface area (Å²) in [7, 11) is -1.79. The smallest absolute Gasteiger partial charge is 0.315 e. The Bertz CT molecular complexity index is 1150. The number of benzene rings is 1. The lowest BCUT2D eigenvalue weighted by molar-refractivity contribution is 0.121. The molecule has 152 valence electrons. The molecule has 0 saturated carbocycles. The van der Waals surface area contributed by atoms with Crippen LogP contribution in [-0.2, 0) is 13.8 Å². The number of hydrogen-bond acceptors (Lipinski definition) is 7. The summed E-state index contributed by atoms with van der Waals surface area (Å²) in [5.41, 5.74) is 2.77. The number of morpholine rings is 1. The van der Waals surface area contributed by atoms with Crippen LogP contribution in [0.2, 0.25) is 0 Å². The van der Waals surface area contributed by atoms with E-state index in [0.29, 0.717) is 48.2 Å². The molecule has 9 heteroatoms. The minimum absolute atomic E-state index is 0.0613. The Balaban J connectivity index is 1.75. The first kappa shape index (κ1) is 19.9. The van der Waals surface area contributed by atoms with E-state index >= 15 is 0 Å². The molecule has 2 aromatic heterocycles. The lowest BCUT2D eigenvalue weighted by Crippen LogP contribution is -2.36. The fourth-order valence-electron chi connectivity index (χ4n) is 3.17. The Kier molecular flexibility index (Phi) is 5.61. The molecule has 3 heterocycles. The van der Waals surface area contributed by atoms with Crippen LogP contribution >= 0.6 is 18.9 Å². The standard InChI is InChI=1S/C20H21N2O5PS/c1-3-28(24,25-2)21-15-6-4-5-14(11-15)16-13-29-20-17(23)12-18(27-19(16)20)22-7-9-26-10-8-22/h3-6,11-13H,1,7-10H2,2H3,(H,21,24). The molecule has 1 N–H and O–H groups in total. The predicted octanol–water partition coefficient (Wildman–Crippen LogP) is 4.75. The number of ether oxygens (including phenoxy) is 1. The van der Waals surface area contributed by atoms with Crippen LogP contribution in [0.1, 0.15) is 0 Å². The van der Waals surface area contributed by atoms with Crippen LogP contribution in [0.5, 0.6) is 0 Å². The highest BCUT2D eigenvalue weighted by atomic mass is 32.1. The second-order valence-electron chi connectivity index (χ2n) is 6.51. The minimum atomic E-state index is -3.16. The highest BCUT2D eigenvalue weighted by Crippen LogP contribution is 2.47. The average molecular weight is 432 g/mol. The lowest BCUT2D eigenvalue weighted by Gasteiger charge is -2.27. The summed E-state index contributed by atoms with van der Waals surface area (Å²) in [6.07, 6.45) is 0. The van der Waals surface area contributed by atoms with E-state index in [0.717, 1.165) is 11.1 Å². The van der Waals surface area contributed by atoms with Gasteiger partial charge in [0, 0.05) is 48.7 Å². The molecule has 1 aliphatic heterocycles. The minimum Gasteiger partial charge on any atom is -0.439 e. The van der Waals surface area contributed by atoms with E-state index in [-0.39, 0.29) is 5.43 Å². The van der Waals surface area contributed by atoms with Gasteiger partial charge < -0.3 is 23.7 Å². The molecular weight excluding hydrogens is 411 g/mol. The second-order valence-corrected chi connectivity index (χ2v) is 9.54. The Hall–Kier alpha value is -2.38. The third-order valence-corrected chi connectivity index (χ3v) is 7.29. The number of hydrogen-bond donors (Lipinski definition) is 1. The molecule has 3 aromatic rings. The van der Waals surface area contributed by atoms with Crippen LogP contribution in [-0.4, -0.2) is 33.4 Å². The summed E-state index contributed by atoms with van der Waals surface area (Å²) < 4.78 is 29.6. The van der Waals surface area contributed by atoms with E-state index in [1.54, 1.807) is 12.1 Å². The molecule has 1 aromatic carbocycles. The average Bonchev–Trinajstić information content (AvgIpc) is 3.19. The molecule has 0 spiro atoms. The molecule has 7 nitrogen and oxygen atoms in total. The SMILES string of the molecule is C=CP(=O)(Nc1cccc(-c2csc3c(=O)cc(N4CCOCC4)oc23)c1)OC. The van der Waals surface area contributed by atoms with Gasteiger partial charge in [0.15, 0.2) is 11.5 Å². The van der Waals surface area contributed by atoms with Gasteiger partial charge in [-0.15, -0.1) is 11.3 Å². The Labute approximate surface area is 172 Å². The van der Waals surface area contributed by atoms with Crippen molar-refractivity contribution in [3.63, 3.8) is 0 Å². The van der Waals surface area contributed by atoms with Gasteiger partial charge in [0.05, 0.1) is 13.2 Å². The van der Waals surface area contributed by atoms with Crippen LogP contribution in [0.25, 0.3) is 21.4 Å². The fourth-order valence-corrected chi connectivity index (χ4v) is 4.91. The van der Waals surface area contributed by atoms with Gasteiger partial charge in [-0.2, -0.15) is 0 Å². The third-order valence-electron chi connectivity index (χ3n) is 4.72. The zero-order valence-electron chi connectivity index (χ0n) is 15.9. The highest BCUT2D eigenvalue weighted by molar-refractivity contribution is 7.63. The van der Waals surface area contributed by atoms with Gasteiger partial charge >= 0.3 is 7.52 Å². The van der Waals surface area contributed by atoms with Crippen LogP contribution in [0.15, 0.2) is 57.3 Å². The second kappa shape index (κ2) is 8.16. The number of fused-ring (bicyclic) bond motifs is 1. The molecule has 0 amide bonds. The topological polar surface area (TPSA) is 81.0 Å². The fraction of sp³-hybridized carbons (Fsp3) is 0.250. The molecule has 1 aliphatic rings. The Morgan fingerprint density at radius 1 is 1.31 bits per heavy atom. The summed E-state index contributed by atoms with van der Waals surface area (Å²) in [4.78, 5) is 14.7. The number of nitrogens with zero attached hydrogens (tertiary/aromatic N) is 1. The van der Waals surface area contributed by atoms with Crippen molar-refractivity contribution in [3.8, 4) is 11.1 Å². The van der Waals surface area contributed by atoms with E-state index < -0.39 is 7.52 Å². The van der Waals surface area contributed by atoms with Crippen LogP contribution in [0.3, 0.4) is 0 Å². The van der Waals surface area contributed by atoms with Gasteiger partial charge in [-0.05, 0) is 17.7 Å². The van der Waals surface area contributed by atoms with Crippen molar-refractivity contribution >= 4 is 40.7 Å². The number of anilines is 2. The summed E-state index contributed by atoms with van der Waals surface area (Å²) in [5.74, 6) is 1.82. The van der Waals surface area contributed by atoms with Gasteiger partial charge in [0.1, 0.15) is 4.70 Å². The van der Waals surface area contributed by atoms with Crippen LogP contribution in [0, 0.1) is 0 Å². The maximum Gasteiger partial charge on any atom is 0.315 e. The van der Waals surface area contributed by atoms with Gasteiger partial charge in [0.25, 0.3) is 0 Å². The van der Waals surface area contributed by atoms with E-state index in [1.807, 2.05) is 28.5 Å². The molecular formula is C20H21N2O5PS.